The van der Waals surface area contributed by atoms with Gasteiger partial charge in [-0.1, -0.05) is 18.2 Å². The lowest BCUT2D eigenvalue weighted by molar-refractivity contribution is 1.13. The molecule has 0 aliphatic rings. The molecule has 0 saturated heterocycles. The summed E-state index contributed by atoms with van der Waals surface area (Å²) in [5, 5.41) is 0. The molecular weight excluding hydrogens is 110 g/mol. The highest BCUT2D eigenvalue weighted by atomic mass is 15.1. The van der Waals surface area contributed by atoms with Gasteiger partial charge < -0.3 is 4.90 Å². The van der Waals surface area contributed by atoms with E-state index >= 15 is 0 Å². The van der Waals surface area contributed by atoms with Crippen molar-refractivity contribution in [1.82, 2.24) is 0 Å². The first-order valence-electron chi connectivity index (χ1n) is 4.18. The van der Waals surface area contributed by atoms with Crippen LogP contribution in [0.3, 0.4) is 0 Å². The molecule has 1 aromatic rings. The van der Waals surface area contributed by atoms with Crippen LogP contribution in [0.2, 0.25) is 0 Å². The summed E-state index contributed by atoms with van der Waals surface area (Å²) in [6, 6.07) is 9.56. The molecule has 48 valence electrons. The van der Waals surface area contributed by atoms with Gasteiger partial charge in [0.25, 0.3) is 0 Å². The third-order valence-electron chi connectivity index (χ3n) is 1.12. The standard InChI is InChI=1S/C8H11N/c1-9(2)8-6-4-3-5-7-8/h3-7H,1-2H3/i1T,2T. The molecule has 0 aliphatic carbocycles. The molecule has 0 bridgehead atoms. The molecular formula is C8H11N. The minimum absolute atomic E-state index is 0.146. The molecule has 0 heterocycles. The maximum atomic E-state index is 7.10. The van der Waals surface area contributed by atoms with Gasteiger partial charge in [0.15, 0.2) is 0 Å². The van der Waals surface area contributed by atoms with Crippen molar-refractivity contribution in [3.05, 3.63) is 30.3 Å². The normalized spacial score (nSPS) is 12.0. The molecule has 0 spiro atoms. The van der Waals surface area contributed by atoms with Crippen molar-refractivity contribution in [1.29, 1.82) is 0 Å². The Labute approximate surface area is 58.7 Å². The SMILES string of the molecule is [3H]CN(C[3H])c1ccccc1. The van der Waals surface area contributed by atoms with E-state index in [1.165, 1.54) is 0 Å². The summed E-state index contributed by atoms with van der Waals surface area (Å²) in [5.41, 5.74) is 0.942. The Kier molecular flexibility index (Phi) is 1.11. The van der Waals surface area contributed by atoms with Crippen molar-refractivity contribution < 1.29 is 2.74 Å². The maximum absolute atomic E-state index is 7.10. The highest BCUT2D eigenvalue weighted by molar-refractivity contribution is 5.43. The summed E-state index contributed by atoms with van der Waals surface area (Å²) in [6.07, 6.45) is 0. The monoisotopic (exact) mass is 125 g/mol. The van der Waals surface area contributed by atoms with Gasteiger partial charge in [0, 0.05) is 22.5 Å². The van der Waals surface area contributed by atoms with Crippen molar-refractivity contribution in [2.24, 2.45) is 0 Å². The molecule has 0 saturated carbocycles. The first-order chi connectivity index (χ1) is 5.38. The van der Waals surface area contributed by atoms with Crippen LogP contribution in [-0.4, -0.2) is 14.0 Å². The molecule has 0 unspecified atom stereocenters. The van der Waals surface area contributed by atoms with Gasteiger partial charge in [-0.15, -0.1) is 0 Å². The van der Waals surface area contributed by atoms with Crippen LogP contribution in [0.15, 0.2) is 30.3 Å². The van der Waals surface area contributed by atoms with E-state index < -0.39 is 0 Å². The number of hydrogen-bond acceptors (Lipinski definition) is 1. The van der Waals surface area contributed by atoms with Crippen LogP contribution in [0, 0.1) is 0 Å². The van der Waals surface area contributed by atoms with Crippen LogP contribution in [-0.2, 0) is 0 Å². The van der Waals surface area contributed by atoms with Gasteiger partial charge in [0.05, 0.1) is 0 Å². The molecule has 1 nitrogen and oxygen atoms in total. The summed E-state index contributed by atoms with van der Waals surface area (Å²) in [7, 11) is 0.293. The van der Waals surface area contributed by atoms with Gasteiger partial charge in [0.1, 0.15) is 0 Å². The number of nitrogens with zero attached hydrogens (tertiary/aromatic N) is 1. The summed E-state index contributed by atoms with van der Waals surface area (Å²) in [6.45, 7) is 0. The van der Waals surface area contributed by atoms with E-state index in [4.69, 9.17) is 2.74 Å². The third-order valence-corrected chi connectivity index (χ3v) is 1.12. The lowest BCUT2D eigenvalue weighted by Gasteiger charge is -2.10. The van der Waals surface area contributed by atoms with Gasteiger partial charge in [0.2, 0.25) is 0 Å². The average Bonchev–Trinajstić information content (AvgIpc) is 2.09. The second-order valence-corrected chi connectivity index (χ2v) is 1.88. The number of rotatable bonds is 1. The lowest BCUT2D eigenvalue weighted by Crippen LogP contribution is -2.07. The highest BCUT2D eigenvalue weighted by Gasteiger charge is 1.87. The van der Waals surface area contributed by atoms with Gasteiger partial charge in [-0.3, -0.25) is 0 Å². The Morgan fingerprint density at radius 3 is 2.44 bits per heavy atom. The minimum Gasteiger partial charge on any atom is -0.378 e. The van der Waals surface area contributed by atoms with Gasteiger partial charge >= 0.3 is 0 Å². The van der Waals surface area contributed by atoms with Gasteiger partial charge in [-0.25, -0.2) is 0 Å². The molecule has 0 N–H and O–H groups in total. The number of anilines is 1. The molecule has 0 aromatic heterocycles. The molecule has 1 heteroatoms. The molecule has 1 aromatic carbocycles. The molecule has 9 heavy (non-hydrogen) atoms. The zero-order valence-electron chi connectivity index (χ0n) is 7.25. The highest BCUT2D eigenvalue weighted by Crippen LogP contribution is 2.07. The van der Waals surface area contributed by atoms with E-state index in [-0.39, 0.29) is 14.0 Å². The third kappa shape index (κ3) is 1.46. The fraction of sp³-hybridized carbons (Fsp3) is 0.250. The predicted molar refractivity (Wildman–Crippen MR) is 40.8 cm³/mol. The zero-order chi connectivity index (χ0) is 8.10. The molecule has 0 fully saturated rings. The van der Waals surface area contributed by atoms with Crippen LogP contribution < -0.4 is 4.90 Å². The van der Waals surface area contributed by atoms with E-state index in [0.29, 0.717) is 0 Å². The topological polar surface area (TPSA) is 3.24 Å². The second-order valence-electron chi connectivity index (χ2n) is 1.88. The molecule has 0 atom stereocenters. The Bertz CT molecular complexity index is 197. The van der Waals surface area contributed by atoms with Crippen LogP contribution in [0.5, 0.6) is 0 Å². The van der Waals surface area contributed by atoms with Gasteiger partial charge in [-0.2, -0.15) is 0 Å². The van der Waals surface area contributed by atoms with Crippen molar-refractivity contribution in [3.8, 4) is 0 Å². The number of para-hydroxylation sites is 1. The summed E-state index contributed by atoms with van der Waals surface area (Å²) >= 11 is 0. The molecule has 0 amide bonds. The van der Waals surface area contributed by atoms with E-state index in [9.17, 15) is 0 Å². The van der Waals surface area contributed by atoms with Crippen molar-refractivity contribution in [3.63, 3.8) is 0 Å². The lowest BCUT2D eigenvalue weighted by atomic mass is 10.3. The molecule has 0 radical (unpaired) electrons. The Hall–Kier alpha value is -0.980. The Balaban J connectivity index is 2.74. The fourth-order valence-corrected chi connectivity index (χ4v) is 0.639. The quantitative estimate of drug-likeness (QED) is 0.552. The van der Waals surface area contributed by atoms with Crippen LogP contribution >= 0.6 is 0 Å². The van der Waals surface area contributed by atoms with E-state index in [0.717, 1.165) is 5.69 Å². The Morgan fingerprint density at radius 2 is 1.89 bits per heavy atom. The van der Waals surface area contributed by atoms with Crippen molar-refractivity contribution in [2.45, 2.75) is 0 Å². The van der Waals surface area contributed by atoms with E-state index in [1.54, 1.807) is 4.90 Å². The van der Waals surface area contributed by atoms with Crippen LogP contribution in [0.25, 0.3) is 0 Å². The minimum atomic E-state index is 0.146. The maximum Gasteiger partial charge on any atom is 0.0456 e. The number of benzene rings is 1. The molecule has 1 rings (SSSR count). The van der Waals surface area contributed by atoms with Crippen molar-refractivity contribution in [2.75, 3.05) is 18.9 Å². The summed E-state index contributed by atoms with van der Waals surface area (Å²) < 4.78 is 14.2. The predicted octanol–water partition coefficient (Wildman–Crippen LogP) is 1.75. The summed E-state index contributed by atoms with van der Waals surface area (Å²) in [5.74, 6) is 0. The van der Waals surface area contributed by atoms with E-state index in [1.807, 2.05) is 30.3 Å². The fourth-order valence-electron chi connectivity index (χ4n) is 0.639. The average molecular weight is 125 g/mol. The Morgan fingerprint density at radius 1 is 1.22 bits per heavy atom. The van der Waals surface area contributed by atoms with Gasteiger partial charge in [-0.05, 0) is 12.1 Å². The smallest absolute Gasteiger partial charge is 0.0456 e. The number of hydrogen-bond donors (Lipinski definition) is 0. The van der Waals surface area contributed by atoms with Crippen LogP contribution in [0.4, 0.5) is 5.69 Å². The first-order valence-corrected chi connectivity index (χ1v) is 2.77. The second kappa shape index (κ2) is 2.53. The van der Waals surface area contributed by atoms with Crippen LogP contribution in [0.1, 0.15) is 2.74 Å². The largest absolute Gasteiger partial charge is 0.378 e. The molecule has 0 aliphatic heterocycles. The summed E-state index contributed by atoms with van der Waals surface area (Å²) in [4.78, 5) is 1.67. The van der Waals surface area contributed by atoms with E-state index in [2.05, 4.69) is 0 Å². The van der Waals surface area contributed by atoms with Crippen molar-refractivity contribution >= 4 is 5.69 Å². The first kappa shape index (κ1) is 3.94. The zero-order valence-corrected chi connectivity index (χ0v) is 5.25.